The van der Waals surface area contributed by atoms with Gasteiger partial charge in [-0.05, 0) is 38.1 Å². The molecule has 2 heterocycles. The van der Waals surface area contributed by atoms with Crippen molar-refractivity contribution in [3.63, 3.8) is 0 Å². The molecule has 20 heavy (non-hydrogen) atoms. The van der Waals surface area contributed by atoms with Crippen LogP contribution in [0.2, 0.25) is 0 Å². The number of nitrogens with one attached hydrogen (secondary N) is 1. The molecule has 3 rings (SSSR count). The predicted molar refractivity (Wildman–Crippen MR) is 78.4 cm³/mol. The van der Waals surface area contributed by atoms with Crippen LogP contribution in [-0.4, -0.2) is 44.8 Å². The number of likely N-dealkylation sites (tertiary alicyclic amines) is 1. The van der Waals surface area contributed by atoms with Crippen LogP contribution in [0.5, 0.6) is 0 Å². The van der Waals surface area contributed by atoms with Crippen LogP contribution >= 0.6 is 0 Å². The normalized spacial score (nSPS) is 27.2. The first-order valence-corrected chi connectivity index (χ1v) is 8.51. The van der Waals surface area contributed by atoms with Crippen LogP contribution in [-0.2, 0) is 10.0 Å². The number of rotatable bonds is 2. The van der Waals surface area contributed by atoms with E-state index >= 15 is 0 Å². The lowest BCUT2D eigenvalue weighted by atomic mass is 10.1. The van der Waals surface area contributed by atoms with Gasteiger partial charge in [-0.1, -0.05) is 19.1 Å². The fourth-order valence-electron chi connectivity index (χ4n) is 2.84. The first-order valence-electron chi connectivity index (χ1n) is 7.02. The number of nitrogens with zero attached hydrogens (tertiary/aromatic N) is 2. The fourth-order valence-corrected chi connectivity index (χ4v) is 4.08. The maximum Gasteiger partial charge on any atom is 0.263 e. The highest BCUT2D eigenvalue weighted by molar-refractivity contribution is 7.90. The molecular weight excluding hydrogens is 274 g/mol. The van der Waals surface area contributed by atoms with E-state index in [0.717, 1.165) is 32.5 Å². The summed E-state index contributed by atoms with van der Waals surface area (Å²) in [6.07, 6.45) is 2.13. The van der Waals surface area contributed by atoms with Gasteiger partial charge >= 0.3 is 0 Å². The lowest BCUT2D eigenvalue weighted by molar-refractivity contribution is 0.220. The SMILES string of the molecule is CCN1CCCC(N=C2NS(=O)(=O)c3ccccc32)C1. The van der Waals surface area contributed by atoms with E-state index in [2.05, 4.69) is 21.5 Å². The Labute approximate surface area is 119 Å². The molecular formula is C14H19N3O2S. The van der Waals surface area contributed by atoms with Crippen LogP contribution in [0.25, 0.3) is 0 Å². The first kappa shape index (κ1) is 13.6. The van der Waals surface area contributed by atoms with E-state index in [0.29, 0.717) is 16.3 Å². The molecule has 0 radical (unpaired) electrons. The molecule has 2 aliphatic rings. The molecule has 6 heteroatoms. The average molecular weight is 293 g/mol. The molecule has 0 aromatic heterocycles. The molecule has 5 nitrogen and oxygen atoms in total. The van der Waals surface area contributed by atoms with Crippen LogP contribution in [0, 0.1) is 0 Å². The van der Waals surface area contributed by atoms with Gasteiger partial charge in [0.05, 0.1) is 10.9 Å². The van der Waals surface area contributed by atoms with Crippen LogP contribution in [0.15, 0.2) is 34.2 Å². The highest BCUT2D eigenvalue weighted by atomic mass is 32.2. The number of aliphatic imine (C=N–C) groups is 1. The summed E-state index contributed by atoms with van der Waals surface area (Å²) >= 11 is 0. The Morgan fingerprint density at radius 2 is 2.20 bits per heavy atom. The van der Waals surface area contributed by atoms with E-state index in [1.54, 1.807) is 12.1 Å². The lowest BCUT2D eigenvalue weighted by Gasteiger charge is -2.29. The molecule has 0 spiro atoms. The van der Waals surface area contributed by atoms with Gasteiger partial charge in [0, 0.05) is 12.1 Å². The Kier molecular flexibility index (Phi) is 3.52. The molecule has 2 aliphatic heterocycles. The molecule has 1 fully saturated rings. The topological polar surface area (TPSA) is 61.8 Å². The number of benzene rings is 1. The number of hydrogen-bond donors (Lipinski definition) is 1. The highest BCUT2D eigenvalue weighted by Crippen LogP contribution is 2.23. The van der Waals surface area contributed by atoms with Crippen molar-refractivity contribution in [2.75, 3.05) is 19.6 Å². The van der Waals surface area contributed by atoms with Gasteiger partial charge in [-0.25, -0.2) is 8.42 Å². The Hall–Kier alpha value is -1.40. The minimum atomic E-state index is -3.42. The summed E-state index contributed by atoms with van der Waals surface area (Å²) in [4.78, 5) is 7.34. The Morgan fingerprint density at radius 1 is 1.40 bits per heavy atom. The van der Waals surface area contributed by atoms with Gasteiger partial charge in [0.2, 0.25) is 0 Å². The molecule has 1 aromatic carbocycles. The quantitative estimate of drug-likeness (QED) is 0.891. The van der Waals surface area contributed by atoms with Crippen molar-refractivity contribution in [3.05, 3.63) is 29.8 Å². The van der Waals surface area contributed by atoms with Crippen molar-refractivity contribution in [3.8, 4) is 0 Å². The van der Waals surface area contributed by atoms with Gasteiger partial charge in [0.15, 0.2) is 0 Å². The average Bonchev–Trinajstić information content (AvgIpc) is 2.71. The standard InChI is InChI=1S/C14H19N3O2S/c1-2-17-9-5-6-11(10-17)15-14-12-7-3-4-8-13(12)20(18,19)16-14/h3-4,7-8,11H,2,5-6,9-10H2,1H3,(H,15,16). The molecule has 1 atom stereocenters. The van der Waals surface area contributed by atoms with Gasteiger partial charge in [0.1, 0.15) is 5.84 Å². The van der Waals surface area contributed by atoms with Crippen molar-refractivity contribution in [2.24, 2.45) is 4.99 Å². The summed E-state index contributed by atoms with van der Waals surface area (Å²) in [5, 5.41) is 0. The van der Waals surface area contributed by atoms with Crippen molar-refractivity contribution in [1.29, 1.82) is 0 Å². The maximum absolute atomic E-state index is 12.0. The van der Waals surface area contributed by atoms with Crippen molar-refractivity contribution in [1.82, 2.24) is 9.62 Å². The minimum absolute atomic E-state index is 0.174. The van der Waals surface area contributed by atoms with Crippen molar-refractivity contribution >= 4 is 15.9 Å². The van der Waals surface area contributed by atoms with Gasteiger partial charge < -0.3 is 4.90 Å². The molecule has 108 valence electrons. The van der Waals surface area contributed by atoms with Crippen LogP contribution in [0.4, 0.5) is 0 Å². The molecule has 1 unspecified atom stereocenters. The smallest absolute Gasteiger partial charge is 0.263 e. The van der Waals surface area contributed by atoms with Crippen LogP contribution in [0.1, 0.15) is 25.3 Å². The minimum Gasteiger partial charge on any atom is -0.301 e. The van der Waals surface area contributed by atoms with E-state index in [4.69, 9.17) is 0 Å². The number of fused-ring (bicyclic) bond motifs is 1. The van der Waals surface area contributed by atoms with E-state index in [9.17, 15) is 8.42 Å². The summed E-state index contributed by atoms with van der Waals surface area (Å²) in [7, 11) is -3.42. The van der Waals surface area contributed by atoms with Crippen LogP contribution in [0.3, 0.4) is 0 Å². The summed E-state index contributed by atoms with van der Waals surface area (Å²) < 4.78 is 26.6. The second kappa shape index (κ2) is 5.18. The zero-order valence-electron chi connectivity index (χ0n) is 11.5. The molecule has 0 aliphatic carbocycles. The van der Waals surface area contributed by atoms with E-state index in [-0.39, 0.29) is 6.04 Å². The lowest BCUT2D eigenvalue weighted by Crippen LogP contribution is -2.38. The molecule has 1 N–H and O–H groups in total. The third kappa shape index (κ3) is 2.45. The summed E-state index contributed by atoms with van der Waals surface area (Å²) in [6, 6.07) is 7.19. The summed E-state index contributed by atoms with van der Waals surface area (Å²) in [5.74, 6) is 0.503. The zero-order chi connectivity index (χ0) is 14.2. The monoisotopic (exact) mass is 293 g/mol. The third-order valence-corrected chi connectivity index (χ3v) is 5.30. The highest BCUT2D eigenvalue weighted by Gasteiger charge is 2.31. The molecule has 0 bridgehead atoms. The van der Waals surface area contributed by atoms with E-state index in [1.165, 1.54) is 0 Å². The maximum atomic E-state index is 12.0. The second-order valence-corrected chi connectivity index (χ2v) is 6.92. The second-order valence-electron chi connectivity index (χ2n) is 5.27. The van der Waals surface area contributed by atoms with Crippen molar-refractivity contribution < 1.29 is 8.42 Å². The van der Waals surface area contributed by atoms with Crippen molar-refractivity contribution in [2.45, 2.75) is 30.7 Å². The number of amidine groups is 1. The van der Waals surface area contributed by atoms with E-state index < -0.39 is 10.0 Å². The largest absolute Gasteiger partial charge is 0.301 e. The number of hydrogen-bond acceptors (Lipinski definition) is 4. The van der Waals surface area contributed by atoms with Crippen LogP contribution < -0.4 is 4.72 Å². The fraction of sp³-hybridized carbons (Fsp3) is 0.500. The molecule has 1 saturated heterocycles. The predicted octanol–water partition coefficient (Wildman–Crippen LogP) is 1.21. The molecule has 0 saturated carbocycles. The Balaban J connectivity index is 1.90. The van der Waals surface area contributed by atoms with E-state index in [1.807, 2.05) is 12.1 Å². The summed E-state index contributed by atoms with van der Waals surface area (Å²) in [5.41, 5.74) is 0.695. The number of sulfonamides is 1. The zero-order valence-corrected chi connectivity index (χ0v) is 12.4. The molecule has 1 aromatic rings. The summed E-state index contributed by atoms with van der Waals surface area (Å²) in [6.45, 7) is 5.18. The number of piperidine rings is 1. The van der Waals surface area contributed by atoms with Gasteiger partial charge in [-0.3, -0.25) is 9.71 Å². The third-order valence-electron chi connectivity index (χ3n) is 3.90. The Morgan fingerprint density at radius 3 is 3.00 bits per heavy atom. The first-order chi connectivity index (χ1) is 9.60. The van der Waals surface area contributed by atoms with Gasteiger partial charge in [-0.15, -0.1) is 0 Å². The number of likely N-dealkylation sites (N-methyl/N-ethyl adjacent to an activating group) is 1. The van der Waals surface area contributed by atoms with Gasteiger partial charge in [-0.2, -0.15) is 0 Å². The van der Waals surface area contributed by atoms with Gasteiger partial charge in [0.25, 0.3) is 10.0 Å². The molecule has 0 amide bonds. The Bertz CT molecular complexity index is 640.